The van der Waals surface area contributed by atoms with E-state index in [2.05, 4.69) is 5.32 Å². The molecule has 0 aliphatic rings. The maximum absolute atomic E-state index is 11.2. The molecule has 102 valence electrons. The smallest absolute Gasteiger partial charge is 0.220 e. The van der Waals surface area contributed by atoms with Crippen LogP contribution in [0.4, 0.5) is 0 Å². The quantitative estimate of drug-likeness (QED) is 0.470. The largest absolute Gasteiger partial charge is 0.394 e. The number of nitrogens with two attached hydrogens (primary N) is 1. The molecule has 0 spiro atoms. The maximum atomic E-state index is 11.2. The van der Waals surface area contributed by atoms with Crippen molar-refractivity contribution >= 4 is 11.7 Å². The topological polar surface area (TPSA) is 113 Å². The van der Waals surface area contributed by atoms with Crippen LogP contribution in [0, 0.1) is 0 Å². The molecule has 0 aliphatic heterocycles. The van der Waals surface area contributed by atoms with Crippen LogP contribution in [0.25, 0.3) is 0 Å². The molecule has 0 aliphatic carbocycles. The Morgan fingerprint density at radius 1 is 1.24 bits per heavy atom. The monoisotopic (exact) mass is 248 g/mol. The van der Waals surface area contributed by atoms with E-state index in [4.69, 9.17) is 15.9 Å². The van der Waals surface area contributed by atoms with Crippen LogP contribution < -0.4 is 11.1 Å². The predicted molar refractivity (Wildman–Crippen MR) is 65.3 cm³/mol. The van der Waals surface area contributed by atoms with Gasteiger partial charge in [-0.05, 0) is 13.3 Å². The number of hydrogen-bond donors (Lipinski definition) is 4. The highest BCUT2D eigenvalue weighted by molar-refractivity contribution is 5.82. The molecule has 0 bridgehead atoms. The van der Waals surface area contributed by atoms with Gasteiger partial charge in [-0.25, -0.2) is 0 Å². The second-order valence-electron chi connectivity index (χ2n) is 3.39. The van der Waals surface area contributed by atoms with Gasteiger partial charge < -0.3 is 21.3 Å². The molecule has 0 saturated heterocycles. The summed E-state index contributed by atoms with van der Waals surface area (Å²) in [7, 11) is 0. The Balaban J connectivity index is 0. The van der Waals surface area contributed by atoms with Crippen LogP contribution in [0.3, 0.4) is 0 Å². The molecule has 0 saturated carbocycles. The molecule has 1 atom stereocenters. The van der Waals surface area contributed by atoms with E-state index in [9.17, 15) is 9.59 Å². The van der Waals surface area contributed by atoms with E-state index in [-0.39, 0.29) is 37.7 Å². The van der Waals surface area contributed by atoms with E-state index < -0.39 is 12.1 Å². The molecule has 0 fully saturated rings. The van der Waals surface area contributed by atoms with Crippen LogP contribution >= 0.6 is 0 Å². The molecule has 0 aromatic carbocycles. The Bertz CT molecular complexity index is 218. The average Bonchev–Trinajstić information content (AvgIpc) is 2.35. The van der Waals surface area contributed by atoms with Crippen molar-refractivity contribution in [2.75, 3.05) is 13.2 Å². The van der Waals surface area contributed by atoms with Crippen molar-refractivity contribution < 1.29 is 19.8 Å². The van der Waals surface area contributed by atoms with Crippen LogP contribution in [-0.2, 0) is 9.59 Å². The second kappa shape index (κ2) is 11.5. The first-order valence-corrected chi connectivity index (χ1v) is 5.78. The number of carbonyl (C=O) groups is 2. The van der Waals surface area contributed by atoms with Crippen molar-refractivity contribution in [3.63, 3.8) is 0 Å². The van der Waals surface area contributed by atoms with Crippen molar-refractivity contribution in [3.05, 3.63) is 0 Å². The van der Waals surface area contributed by atoms with Crippen LogP contribution in [0.15, 0.2) is 0 Å². The summed E-state index contributed by atoms with van der Waals surface area (Å²) in [5.74, 6) is -0.497. The lowest BCUT2D eigenvalue weighted by Crippen LogP contribution is -2.41. The fourth-order valence-electron chi connectivity index (χ4n) is 0.939. The number of hydrogen-bond acceptors (Lipinski definition) is 5. The number of aliphatic hydroxyl groups excluding tert-OH is 2. The van der Waals surface area contributed by atoms with Gasteiger partial charge in [-0.15, -0.1) is 0 Å². The number of ketones is 1. The van der Waals surface area contributed by atoms with Crippen molar-refractivity contribution in [1.82, 2.24) is 5.32 Å². The summed E-state index contributed by atoms with van der Waals surface area (Å²) in [6.07, 6.45) is 0.377. The highest BCUT2D eigenvalue weighted by Crippen LogP contribution is 1.96. The summed E-state index contributed by atoms with van der Waals surface area (Å²) in [6.45, 7) is 4.73. The minimum absolute atomic E-state index is 0.108. The van der Waals surface area contributed by atoms with E-state index in [0.29, 0.717) is 0 Å². The molecule has 17 heavy (non-hydrogen) atoms. The van der Waals surface area contributed by atoms with E-state index >= 15 is 0 Å². The molecule has 1 unspecified atom stereocenters. The number of Topliss-reactive ketones (excluding diaryl/α,β-unsaturated/α-hetero) is 1. The summed E-state index contributed by atoms with van der Waals surface area (Å²) >= 11 is 0. The Morgan fingerprint density at radius 3 is 2.06 bits per heavy atom. The first-order chi connectivity index (χ1) is 8.01. The van der Waals surface area contributed by atoms with Gasteiger partial charge in [-0.3, -0.25) is 9.59 Å². The highest BCUT2D eigenvalue weighted by atomic mass is 16.3. The Hall–Kier alpha value is -0.980. The fourth-order valence-corrected chi connectivity index (χ4v) is 0.939. The molecular weight excluding hydrogens is 224 g/mol. The maximum Gasteiger partial charge on any atom is 0.220 e. The zero-order valence-corrected chi connectivity index (χ0v) is 10.8. The van der Waals surface area contributed by atoms with Gasteiger partial charge >= 0.3 is 0 Å². The summed E-state index contributed by atoms with van der Waals surface area (Å²) in [5, 5.41) is 19.8. The van der Waals surface area contributed by atoms with Crippen molar-refractivity contribution in [3.8, 4) is 0 Å². The number of amides is 1. The van der Waals surface area contributed by atoms with Gasteiger partial charge in [-0.2, -0.15) is 0 Å². The lowest BCUT2D eigenvalue weighted by molar-refractivity contribution is -0.123. The van der Waals surface area contributed by atoms with Gasteiger partial charge in [0.05, 0.1) is 25.3 Å². The number of aliphatic hydroxyl groups is 2. The van der Waals surface area contributed by atoms with Crippen molar-refractivity contribution in [2.24, 2.45) is 5.73 Å². The fraction of sp³-hybridized carbons (Fsp3) is 0.818. The molecule has 6 heteroatoms. The van der Waals surface area contributed by atoms with Gasteiger partial charge in [-0.1, -0.05) is 13.8 Å². The zero-order chi connectivity index (χ0) is 13.8. The molecule has 0 aromatic rings. The van der Waals surface area contributed by atoms with Gasteiger partial charge in [0.15, 0.2) is 0 Å². The number of rotatable bonds is 7. The third-order valence-electron chi connectivity index (χ3n) is 2.01. The average molecular weight is 248 g/mol. The molecule has 0 aromatic heterocycles. The standard InChI is InChI=1S/C9H18N2O4.C2H6/c1-6(14)8(10)2-3-9(15)11-7(4-12)5-13;1-2/h7-8,12-13H,2-5,10H2,1H3,(H,11,15);1-2H3. The lowest BCUT2D eigenvalue weighted by Gasteiger charge is -2.14. The third-order valence-corrected chi connectivity index (χ3v) is 2.01. The summed E-state index contributed by atoms with van der Waals surface area (Å²) in [6, 6.07) is -1.27. The van der Waals surface area contributed by atoms with E-state index in [1.165, 1.54) is 6.92 Å². The highest BCUT2D eigenvalue weighted by Gasteiger charge is 2.13. The Kier molecular flexibility index (Phi) is 12.4. The first-order valence-electron chi connectivity index (χ1n) is 5.78. The van der Waals surface area contributed by atoms with Crippen LogP contribution in [0.2, 0.25) is 0 Å². The van der Waals surface area contributed by atoms with E-state index in [1.807, 2.05) is 13.8 Å². The van der Waals surface area contributed by atoms with Crippen LogP contribution in [-0.4, -0.2) is 47.2 Å². The Morgan fingerprint density at radius 2 is 1.71 bits per heavy atom. The van der Waals surface area contributed by atoms with Crippen molar-refractivity contribution in [1.29, 1.82) is 0 Å². The molecule has 5 N–H and O–H groups in total. The minimum atomic E-state index is -0.647. The summed E-state index contributed by atoms with van der Waals surface area (Å²) in [4.78, 5) is 22.0. The van der Waals surface area contributed by atoms with Gasteiger partial charge in [0.25, 0.3) is 0 Å². The SMILES string of the molecule is CC.CC(=O)C(N)CCC(=O)NC(CO)CO. The Labute approximate surface area is 102 Å². The van der Waals surface area contributed by atoms with E-state index in [1.54, 1.807) is 0 Å². The minimum Gasteiger partial charge on any atom is -0.394 e. The molecule has 1 amide bonds. The molecule has 0 heterocycles. The molecule has 6 nitrogen and oxygen atoms in total. The molecule has 0 rings (SSSR count). The van der Waals surface area contributed by atoms with Crippen LogP contribution in [0.1, 0.15) is 33.6 Å². The first kappa shape index (κ1) is 18.4. The third kappa shape index (κ3) is 9.92. The van der Waals surface area contributed by atoms with E-state index in [0.717, 1.165) is 0 Å². The second-order valence-corrected chi connectivity index (χ2v) is 3.39. The molecular formula is C11H24N2O4. The number of carbonyl (C=O) groups excluding carboxylic acids is 2. The zero-order valence-electron chi connectivity index (χ0n) is 10.8. The number of nitrogens with one attached hydrogen (secondary N) is 1. The van der Waals surface area contributed by atoms with Crippen LogP contribution in [0.5, 0.6) is 0 Å². The lowest BCUT2D eigenvalue weighted by atomic mass is 10.1. The summed E-state index contributed by atoms with van der Waals surface area (Å²) < 4.78 is 0. The summed E-state index contributed by atoms with van der Waals surface area (Å²) in [5.41, 5.74) is 5.43. The van der Waals surface area contributed by atoms with Gasteiger partial charge in [0.1, 0.15) is 5.78 Å². The normalized spacial score (nSPS) is 11.5. The van der Waals surface area contributed by atoms with Gasteiger partial charge in [0.2, 0.25) is 5.91 Å². The predicted octanol–water partition coefficient (Wildman–Crippen LogP) is -0.821. The van der Waals surface area contributed by atoms with Crippen molar-refractivity contribution in [2.45, 2.75) is 45.7 Å². The molecule has 0 radical (unpaired) electrons. The van der Waals surface area contributed by atoms with Gasteiger partial charge in [0, 0.05) is 6.42 Å².